The Hall–Kier alpha value is -3.44. The molecule has 0 aliphatic carbocycles. The first-order valence-electron chi connectivity index (χ1n) is 9.58. The Balaban J connectivity index is 1.61. The summed E-state index contributed by atoms with van der Waals surface area (Å²) in [5.41, 5.74) is 3.78. The third kappa shape index (κ3) is 4.70. The molecule has 4 rings (SSSR count). The van der Waals surface area contributed by atoms with E-state index in [0.717, 1.165) is 24.5 Å². The van der Waals surface area contributed by atoms with Crippen molar-refractivity contribution >= 4 is 5.65 Å². The molecular weight excluding hydrogens is 362 g/mol. The predicted molar refractivity (Wildman–Crippen MR) is 114 cm³/mol. The fourth-order valence-electron chi connectivity index (χ4n) is 3.41. The summed E-state index contributed by atoms with van der Waals surface area (Å²) in [6.45, 7) is 2.10. The van der Waals surface area contributed by atoms with Gasteiger partial charge in [-0.25, -0.2) is 4.98 Å². The zero-order chi connectivity index (χ0) is 20.1. The first-order valence-corrected chi connectivity index (χ1v) is 9.58. The number of aromatic nitrogens is 2. The molecule has 5 heteroatoms. The Labute approximate surface area is 169 Å². The Morgan fingerprint density at radius 3 is 2.28 bits per heavy atom. The standard InChI is InChI=1S/C24H23N3O2/c1-29-22-12-10-20(11-13-22)17-26(16-19-7-3-2-4-8-19)18-21-15-24(28)27-14-6-5-9-23(27)25-21/h2-15H,16-18H2,1H3. The highest BCUT2D eigenvalue weighted by molar-refractivity contribution is 5.38. The number of hydrogen-bond donors (Lipinski definition) is 0. The first kappa shape index (κ1) is 18.9. The second-order valence-electron chi connectivity index (χ2n) is 6.99. The largest absolute Gasteiger partial charge is 0.497 e. The van der Waals surface area contributed by atoms with Crippen molar-refractivity contribution in [1.82, 2.24) is 14.3 Å². The maximum atomic E-state index is 12.5. The summed E-state index contributed by atoms with van der Waals surface area (Å²) in [6, 6.07) is 25.6. The summed E-state index contributed by atoms with van der Waals surface area (Å²) in [5, 5.41) is 0. The molecule has 146 valence electrons. The third-order valence-electron chi connectivity index (χ3n) is 4.82. The zero-order valence-electron chi connectivity index (χ0n) is 16.4. The topological polar surface area (TPSA) is 46.8 Å². The van der Waals surface area contributed by atoms with Gasteiger partial charge in [-0.1, -0.05) is 48.5 Å². The van der Waals surface area contributed by atoms with E-state index < -0.39 is 0 Å². The molecule has 29 heavy (non-hydrogen) atoms. The van der Waals surface area contributed by atoms with Crippen LogP contribution in [0.5, 0.6) is 5.75 Å². The van der Waals surface area contributed by atoms with Crippen molar-refractivity contribution in [3.05, 3.63) is 112 Å². The van der Waals surface area contributed by atoms with Crippen LogP contribution in [-0.2, 0) is 19.6 Å². The first-order chi connectivity index (χ1) is 14.2. The van der Waals surface area contributed by atoms with Gasteiger partial charge in [0.1, 0.15) is 11.4 Å². The van der Waals surface area contributed by atoms with Gasteiger partial charge in [0, 0.05) is 31.9 Å². The van der Waals surface area contributed by atoms with Gasteiger partial charge in [0.2, 0.25) is 0 Å². The second-order valence-corrected chi connectivity index (χ2v) is 6.99. The van der Waals surface area contributed by atoms with E-state index in [0.29, 0.717) is 12.2 Å². The van der Waals surface area contributed by atoms with Crippen molar-refractivity contribution in [1.29, 1.82) is 0 Å². The lowest BCUT2D eigenvalue weighted by Gasteiger charge is -2.22. The molecule has 0 aliphatic heterocycles. The number of hydrogen-bond acceptors (Lipinski definition) is 4. The van der Waals surface area contributed by atoms with Gasteiger partial charge >= 0.3 is 0 Å². The summed E-state index contributed by atoms with van der Waals surface area (Å²) in [7, 11) is 1.67. The molecule has 5 nitrogen and oxygen atoms in total. The third-order valence-corrected chi connectivity index (χ3v) is 4.82. The lowest BCUT2D eigenvalue weighted by molar-refractivity contribution is 0.244. The molecular formula is C24H23N3O2. The van der Waals surface area contributed by atoms with Crippen LogP contribution in [0.1, 0.15) is 16.8 Å². The summed E-state index contributed by atoms with van der Waals surface area (Å²) < 4.78 is 6.82. The highest BCUT2D eigenvalue weighted by Crippen LogP contribution is 2.16. The molecule has 0 amide bonds. The van der Waals surface area contributed by atoms with Crippen molar-refractivity contribution in [2.45, 2.75) is 19.6 Å². The quantitative estimate of drug-likeness (QED) is 0.484. The van der Waals surface area contributed by atoms with Gasteiger partial charge < -0.3 is 4.74 Å². The minimum absolute atomic E-state index is 0.0605. The molecule has 0 spiro atoms. The SMILES string of the molecule is COc1ccc(CN(Cc2ccccc2)Cc2cc(=O)n3ccccc3n2)cc1. The van der Waals surface area contributed by atoms with E-state index in [4.69, 9.17) is 4.74 Å². The number of rotatable bonds is 7. The molecule has 0 radical (unpaired) electrons. The lowest BCUT2D eigenvalue weighted by Crippen LogP contribution is -2.25. The van der Waals surface area contributed by atoms with Crippen LogP contribution in [-0.4, -0.2) is 21.4 Å². The highest BCUT2D eigenvalue weighted by Gasteiger charge is 2.11. The van der Waals surface area contributed by atoms with Crippen molar-refractivity contribution in [3.8, 4) is 5.75 Å². The van der Waals surface area contributed by atoms with E-state index in [-0.39, 0.29) is 5.56 Å². The highest BCUT2D eigenvalue weighted by atomic mass is 16.5. The van der Waals surface area contributed by atoms with Crippen LogP contribution in [0, 0.1) is 0 Å². The molecule has 0 fully saturated rings. The van der Waals surface area contributed by atoms with E-state index in [1.54, 1.807) is 23.8 Å². The van der Waals surface area contributed by atoms with Gasteiger partial charge in [-0.2, -0.15) is 0 Å². The molecule has 0 N–H and O–H groups in total. The summed E-state index contributed by atoms with van der Waals surface area (Å²) >= 11 is 0. The molecule has 0 aliphatic rings. The molecule has 0 atom stereocenters. The van der Waals surface area contributed by atoms with E-state index >= 15 is 0 Å². The van der Waals surface area contributed by atoms with E-state index in [1.807, 2.05) is 48.5 Å². The van der Waals surface area contributed by atoms with E-state index in [9.17, 15) is 4.79 Å². The minimum Gasteiger partial charge on any atom is -0.497 e. The second kappa shape index (κ2) is 8.71. The minimum atomic E-state index is -0.0605. The molecule has 4 aromatic rings. The zero-order valence-corrected chi connectivity index (χ0v) is 16.4. The number of ether oxygens (including phenoxy) is 1. The fraction of sp³-hybridized carbons (Fsp3) is 0.167. The van der Waals surface area contributed by atoms with Gasteiger partial charge in [-0.3, -0.25) is 14.1 Å². The molecule has 2 aromatic heterocycles. The number of benzene rings is 2. The van der Waals surface area contributed by atoms with Gasteiger partial charge in [0.25, 0.3) is 5.56 Å². The van der Waals surface area contributed by atoms with Crippen molar-refractivity contribution < 1.29 is 4.74 Å². The summed E-state index contributed by atoms with van der Waals surface area (Å²) in [5.74, 6) is 0.840. The van der Waals surface area contributed by atoms with Crippen LogP contribution in [0.2, 0.25) is 0 Å². The monoisotopic (exact) mass is 385 g/mol. The number of nitrogens with zero attached hydrogens (tertiary/aromatic N) is 3. The summed E-state index contributed by atoms with van der Waals surface area (Å²) in [6.07, 6.45) is 1.74. The van der Waals surface area contributed by atoms with E-state index in [2.05, 4.69) is 34.1 Å². The maximum absolute atomic E-state index is 12.5. The van der Waals surface area contributed by atoms with Gasteiger partial charge in [0.05, 0.1) is 12.8 Å². The molecule has 0 bridgehead atoms. The Bertz CT molecular complexity index is 1140. The maximum Gasteiger partial charge on any atom is 0.258 e. The normalized spacial score (nSPS) is 11.1. The van der Waals surface area contributed by atoms with Crippen LogP contribution in [0.3, 0.4) is 0 Å². The number of methoxy groups -OCH3 is 1. The lowest BCUT2D eigenvalue weighted by atomic mass is 10.1. The van der Waals surface area contributed by atoms with Crippen LogP contribution >= 0.6 is 0 Å². The van der Waals surface area contributed by atoms with Crippen molar-refractivity contribution in [3.63, 3.8) is 0 Å². The Kier molecular flexibility index (Phi) is 5.68. The van der Waals surface area contributed by atoms with E-state index in [1.165, 1.54) is 11.1 Å². The average molecular weight is 385 g/mol. The molecule has 0 saturated carbocycles. The molecule has 0 unspecified atom stereocenters. The fourth-order valence-corrected chi connectivity index (χ4v) is 3.41. The van der Waals surface area contributed by atoms with Gasteiger partial charge in [-0.15, -0.1) is 0 Å². The molecule has 2 aromatic carbocycles. The predicted octanol–water partition coefficient (Wildman–Crippen LogP) is 3.91. The molecule has 0 saturated heterocycles. The Morgan fingerprint density at radius 2 is 1.55 bits per heavy atom. The van der Waals surface area contributed by atoms with Gasteiger partial charge in [0.15, 0.2) is 0 Å². The molecule has 2 heterocycles. The van der Waals surface area contributed by atoms with Crippen LogP contribution in [0.4, 0.5) is 0 Å². The van der Waals surface area contributed by atoms with Crippen LogP contribution in [0.25, 0.3) is 5.65 Å². The average Bonchev–Trinajstić information content (AvgIpc) is 2.75. The Morgan fingerprint density at radius 1 is 0.862 bits per heavy atom. The van der Waals surface area contributed by atoms with Crippen molar-refractivity contribution in [2.24, 2.45) is 0 Å². The van der Waals surface area contributed by atoms with Crippen molar-refractivity contribution in [2.75, 3.05) is 7.11 Å². The number of fused-ring (bicyclic) bond motifs is 1. The van der Waals surface area contributed by atoms with Gasteiger partial charge in [-0.05, 0) is 35.4 Å². The smallest absolute Gasteiger partial charge is 0.258 e. The summed E-state index contributed by atoms with van der Waals surface area (Å²) in [4.78, 5) is 19.4. The number of pyridine rings is 1. The van der Waals surface area contributed by atoms with Crippen LogP contribution < -0.4 is 10.3 Å². The van der Waals surface area contributed by atoms with Crippen LogP contribution in [0.15, 0.2) is 89.9 Å².